The molecular formula is C16H18N2O2S. The van der Waals surface area contributed by atoms with Gasteiger partial charge in [0.1, 0.15) is 0 Å². The van der Waals surface area contributed by atoms with E-state index in [1.807, 2.05) is 36.6 Å². The number of carbonyl (C=O) groups is 1. The van der Waals surface area contributed by atoms with Crippen LogP contribution in [0.2, 0.25) is 0 Å². The molecule has 1 N–H and O–H groups in total. The van der Waals surface area contributed by atoms with Crippen LogP contribution < -0.4 is 0 Å². The van der Waals surface area contributed by atoms with Crippen molar-refractivity contribution >= 4 is 17.2 Å². The molecule has 110 valence electrons. The smallest absolute Gasteiger partial charge is 0.227 e. The third-order valence-corrected chi connectivity index (χ3v) is 4.51. The Morgan fingerprint density at radius 2 is 2.19 bits per heavy atom. The molecule has 5 heteroatoms. The molecule has 0 aliphatic carbocycles. The molecule has 3 rings (SSSR count). The second-order valence-electron chi connectivity index (χ2n) is 5.41. The number of aryl methyl sites for hydroxylation is 1. The number of β-amino-alcohol motifs (C(OH)–C–C–N with tert-alkyl or cyclic N) is 1. The van der Waals surface area contributed by atoms with E-state index in [4.69, 9.17) is 0 Å². The van der Waals surface area contributed by atoms with Gasteiger partial charge in [-0.15, -0.1) is 11.3 Å². The van der Waals surface area contributed by atoms with Crippen LogP contribution >= 0.6 is 11.3 Å². The maximum atomic E-state index is 12.1. The summed E-state index contributed by atoms with van der Waals surface area (Å²) in [7, 11) is 0. The fourth-order valence-corrected chi connectivity index (χ4v) is 3.17. The summed E-state index contributed by atoms with van der Waals surface area (Å²) in [6.45, 7) is 3.12. The molecule has 0 unspecified atom stereocenters. The number of hydrogen-bond acceptors (Lipinski definition) is 4. The van der Waals surface area contributed by atoms with Gasteiger partial charge in [0.05, 0.1) is 23.2 Å². The SMILES string of the molecule is Cc1nc(-c2ccc(CC(=O)N3CC[C@@H](O)C3)cc2)cs1. The molecule has 4 nitrogen and oxygen atoms in total. The molecule has 1 aromatic heterocycles. The average molecular weight is 302 g/mol. The number of likely N-dealkylation sites (tertiary alicyclic amines) is 1. The molecule has 0 radical (unpaired) electrons. The summed E-state index contributed by atoms with van der Waals surface area (Å²) in [6.07, 6.45) is 0.723. The number of aliphatic hydroxyl groups is 1. The van der Waals surface area contributed by atoms with E-state index in [2.05, 4.69) is 4.98 Å². The highest BCUT2D eigenvalue weighted by Crippen LogP contribution is 2.22. The van der Waals surface area contributed by atoms with Crippen LogP contribution in [0, 0.1) is 6.92 Å². The van der Waals surface area contributed by atoms with Crippen molar-refractivity contribution in [3.8, 4) is 11.3 Å². The van der Waals surface area contributed by atoms with Gasteiger partial charge in [-0.2, -0.15) is 0 Å². The number of thiazole rings is 1. The van der Waals surface area contributed by atoms with Crippen molar-refractivity contribution in [3.63, 3.8) is 0 Å². The largest absolute Gasteiger partial charge is 0.391 e. The lowest BCUT2D eigenvalue weighted by atomic mass is 10.1. The van der Waals surface area contributed by atoms with E-state index >= 15 is 0 Å². The lowest BCUT2D eigenvalue weighted by Gasteiger charge is -2.15. The number of benzene rings is 1. The molecule has 1 fully saturated rings. The van der Waals surface area contributed by atoms with E-state index in [1.165, 1.54) is 0 Å². The highest BCUT2D eigenvalue weighted by Gasteiger charge is 2.24. The summed E-state index contributed by atoms with van der Waals surface area (Å²) >= 11 is 1.64. The summed E-state index contributed by atoms with van der Waals surface area (Å²) < 4.78 is 0. The van der Waals surface area contributed by atoms with Crippen LogP contribution in [0.4, 0.5) is 0 Å². The van der Waals surface area contributed by atoms with Gasteiger partial charge in [-0.05, 0) is 18.9 Å². The van der Waals surface area contributed by atoms with Gasteiger partial charge in [0, 0.05) is 24.0 Å². The first-order valence-corrected chi connectivity index (χ1v) is 7.97. The van der Waals surface area contributed by atoms with Crippen molar-refractivity contribution in [3.05, 3.63) is 40.2 Å². The topological polar surface area (TPSA) is 53.4 Å². The van der Waals surface area contributed by atoms with Crippen molar-refractivity contribution in [1.82, 2.24) is 9.88 Å². The lowest BCUT2D eigenvalue weighted by Crippen LogP contribution is -2.30. The van der Waals surface area contributed by atoms with E-state index in [1.54, 1.807) is 16.2 Å². The zero-order chi connectivity index (χ0) is 14.8. The van der Waals surface area contributed by atoms with Crippen molar-refractivity contribution in [1.29, 1.82) is 0 Å². The summed E-state index contributed by atoms with van der Waals surface area (Å²) in [4.78, 5) is 18.3. The van der Waals surface area contributed by atoms with Gasteiger partial charge in [0.25, 0.3) is 0 Å². The summed E-state index contributed by atoms with van der Waals surface area (Å²) in [6, 6.07) is 7.98. The Morgan fingerprint density at radius 3 is 2.76 bits per heavy atom. The van der Waals surface area contributed by atoms with Crippen LogP contribution in [0.1, 0.15) is 17.0 Å². The molecule has 0 saturated carbocycles. The van der Waals surface area contributed by atoms with Gasteiger partial charge < -0.3 is 10.0 Å². The Morgan fingerprint density at radius 1 is 1.43 bits per heavy atom. The van der Waals surface area contributed by atoms with Crippen molar-refractivity contribution in [2.45, 2.75) is 25.9 Å². The van der Waals surface area contributed by atoms with Crippen molar-refractivity contribution in [2.24, 2.45) is 0 Å². The highest BCUT2D eigenvalue weighted by molar-refractivity contribution is 7.09. The molecule has 1 amide bonds. The Kier molecular flexibility index (Phi) is 4.03. The van der Waals surface area contributed by atoms with Crippen LogP contribution in [-0.4, -0.2) is 40.1 Å². The fourth-order valence-electron chi connectivity index (χ4n) is 2.54. The molecule has 1 atom stereocenters. The Labute approximate surface area is 128 Å². The number of nitrogens with zero attached hydrogens (tertiary/aromatic N) is 2. The lowest BCUT2D eigenvalue weighted by molar-refractivity contribution is -0.129. The van der Waals surface area contributed by atoms with E-state index in [0.717, 1.165) is 21.8 Å². The van der Waals surface area contributed by atoms with Gasteiger partial charge in [-0.1, -0.05) is 24.3 Å². The van der Waals surface area contributed by atoms with Gasteiger partial charge in [-0.25, -0.2) is 4.98 Å². The quantitative estimate of drug-likeness (QED) is 0.946. The van der Waals surface area contributed by atoms with E-state index in [9.17, 15) is 9.90 Å². The molecule has 1 aliphatic heterocycles. The summed E-state index contributed by atoms with van der Waals surface area (Å²) in [5.41, 5.74) is 3.06. The minimum absolute atomic E-state index is 0.0869. The van der Waals surface area contributed by atoms with E-state index in [-0.39, 0.29) is 12.0 Å². The third kappa shape index (κ3) is 3.31. The Bertz CT molecular complexity index is 636. The maximum absolute atomic E-state index is 12.1. The van der Waals surface area contributed by atoms with Crippen LogP contribution in [0.25, 0.3) is 11.3 Å². The molecule has 2 heterocycles. The highest BCUT2D eigenvalue weighted by atomic mass is 32.1. The van der Waals surface area contributed by atoms with Gasteiger partial charge in [0.15, 0.2) is 0 Å². The van der Waals surface area contributed by atoms with Crippen LogP contribution in [0.3, 0.4) is 0 Å². The molecule has 0 spiro atoms. The number of hydrogen-bond donors (Lipinski definition) is 1. The van der Waals surface area contributed by atoms with E-state index in [0.29, 0.717) is 25.9 Å². The second-order valence-corrected chi connectivity index (χ2v) is 6.47. The molecule has 2 aromatic rings. The minimum Gasteiger partial charge on any atom is -0.391 e. The van der Waals surface area contributed by atoms with Gasteiger partial charge in [0.2, 0.25) is 5.91 Å². The van der Waals surface area contributed by atoms with Crippen molar-refractivity contribution < 1.29 is 9.90 Å². The van der Waals surface area contributed by atoms with Crippen LogP contribution in [0.5, 0.6) is 0 Å². The van der Waals surface area contributed by atoms with Gasteiger partial charge >= 0.3 is 0 Å². The first kappa shape index (κ1) is 14.2. The maximum Gasteiger partial charge on any atom is 0.227 e. The van der Waals surface area contributed by atoms with E-state index < -0.39 is 0 Å². The predicted molar refractivity (Wildman–Crippen MR) is 83.2 cm³/mol. The second kappa shape index (κ2) is 5.95. The number of rotatable bonds is 3. The summed E-state index contributed by atoms with van der Waals surface area (Å²) in [5.74, 6) is 0.0869. The number of aromatic nitrogens is 1. The normalized spacial score (nSPS) is 18.2. The van der Waals surface area contributed by atoms with Crippen molar-refractivity contribution in [2.75, 3.05) is 13.1 Å². The predicted octanol–water partition coefficient (Wildman–Crippen LogP) is 2.25. The zero-order valence-corrected chi connectivity index (χ0v) is 12.8. The molecular weight excluding hydrogens is 284 g/mol. The molecule has 21 heavy (non-hydrogen) atoms. The average Bonchev–Trinajstić information content (AvgIpc) is 3.08. The minimum atomic E-state index is -0.357. The first-order chi connectivity index (χ1) is 10.1. The molecule has 1 aliphatic rings. The number of aliphatic hydroxyl groups excluding tert-OH is 1. The monoisotopic (exact) mass is 302 g/mol. The van der Waals surface area contributed by atoms with Crippen LogP contribution in [-0.2, 0) is 11.2 Å². The Balaban J connectivity index is 1.66. The summed E-state index contributed by atoms with van der Waals surface area (Å²) in [5, 5.41) is 12.6. The first-order valence-electron chi connectivity index (χ1n) is 7.09. The van der Waals surface area contributed by atoms with Gasteiger partial charge in [-0.3, -0.25) is 4.79 Å². The van der Waals surface area contributed by atoms with Crippen LogP contribution in [0.15, 0.2) is 29.6 Å². The molecule has 0 bridgehead atoms. The molecule has 1 saturated heterocycles. The standard InChI is InChI=1S/C16H18N2O2S/c1-11-17-15(10-21-11)13-4-2-12(3-5-13)8-16(20)18-7-6-14(19)9-18/h2-5,10,14,19H,6-9H2,1H3/t14-/m1/s1. The third-order valence-electron chi connectivity index (χ3n) is 3.74. The fraction of sp³-hybridized carbons (Fsp3) is 0.375. The Hall–Kier alpha value is -1.72. The zero-order valence-electron chi connectivity index (χ0n) is 12.0. The number of amides is 1. The number of carbonyl (C=O) groups excluding carboxylic acids is 1. The molecule has 1 aromatic carbocycles.